The van der Waals surface area contributed by atoms with Crippen molar-refractivity contribution >= 4 is 17.5 Å². The second kappa shape index (κ2) is 9.78. The topological polar surface area (TPSA) is 82.6 Å². The molecule has 28 heavy (non-hydrogen) atoms. The molecule has 0 fully saturated rings. The first-order chi connectivity index (χ1) is 13.4. The van der Waals surface area contributed by atoms with E-state index >= 15 is 0 Å². The number of carbonyl (C=O) groups is 3. The van der Waals surface area contributed by atoms with E-state index in [0.717, 1.165) is 12.0 Å². The summed E-state index contributed by atoms with van der Waals surface area (Å²) in [5.41, 5.74) is 2.15. The number of nitrogens with zero attached hydrogens (tertiary/aromatic N) is 1. The van der Waals surface area contributed by atoms with Crippen LogP contribution >= 0.6 is 0 Å². The molecule has 0 N–H and O–H groups in total. The van der Waals surface area contributed by atoms with Gasteiger partial charge >= 0.3 is 5.97 Å². The molecule has 1 aliphatic rings. The maximum Gasteiger partial charge on any atom is 0.334 e. The zero-order valence-corrected chi connectivity index (χ0v) is 16.7. The van der Waals surface area contributed by atoms with E-state index in [0.29, 0.717) is 18.4 Å². The van der Waals surface area contributed by atoms with E-state index in [1.165, 1.54) is 13.2 Å². The van der Waals surface area contributed by atoms with Gasteiger partial charge in [0.2, 0.25) is 5.78 Å². The maximum atomic E-state index is 12.7. The lowest BCUT2D eigenvalue weighted by atomic mass is 9.88. The van der Waals surface area contributed by atoms with Crippen LogP contribution in [0.1, 0.15) is 39.2 Å². The van der Waals surface area contributed by atoms with Crippen molar-refractivity contribution in [3.8, 4) is 0 Å². The molecule has 0 aliphatic heterocycles. The fourth-order valence-corrected chi connectivity index (χ4v) is 3.02. The molecule has 0 bridgehead atoms. The Morgan fingerprint density at radius 3 is 2.54 bits per heavy atom. The van der Waals surface area contributed by atoms with Gasteiger partial charge < -0.3 is 9.47 Å². The van der Waals surface area contributed by atoms with Crippen LogP contribution < -0.4 is 0 Å². The van der Waals surface area contributed by atoms with Gasteiger partial charge in [-0.05, 0) is 57.7 Å². The molecule has 148 valence electrons. The molecule has 0 saturated heterocycles. The highest BCUT2D eigenvalue weighted by Crippen LogP contribution is 2.27. The average Bonchev–Trinajstić information content (AvgIpc) is 2.69. The number of ether oxygens (including phenoxy) is 2. The summed E-state index contributed by atoms with van der Waals surface area (Å²) in [7, 11) is 1.36. The van der Waals surface area contributed by atoms with Gasteiger partial charge in [0.1, 0.15) is 0 Å². The van der Waals surface area contributed by atoms with Crippen molar-refractivity contribution in [2.24, 2.45) is 0 Å². The van der Waals surface area contributed by atoms with Gasteiger partial charge in [0.25, 0.3) is 0 Å². The normalized spacial score (nSPS) is 15.2. The standard InChI is InChI=1S/C22H25NO5/c1-5-28-22(26)17(10-6-8-16-9-7-11-23-13-16)12-18-14(2)20(25)21(27-4)15(3)19(18)24/h7,9,11-13H,5-6,8,10H2,1-4H3. The van der Waals surface area contributed by atoms with Crippen LogP contribution in [0, 0.1) is 0 Å². The van der Waals surface area contributed by atoms with Gasteiger partial charge in [-0.2, -0.15) is 0 Å². The predicted molar refractivity (Wildman–Crippen MR) is 104 cm³/mol. The maximum absolute atomic E-state index is 12.7. The Morgan fingerprint density at radius 2 is 1.93 bits per heavy atom. The van der Waals surface area contributed by atoms with E-state index in [1.807, 2.05) is 12.1 Å². The van der Waals surface area contributed by atoms with E-state index in [2.05, 4.69) is 4.98 Å². The van der Waals surface area contributed by atoms with Crippen molar-refractivity contribution in [3.63, 3.8) is 0 Å². The summed E-state index contributed by atoms with van der Waals surface area (Å²) in [5, 5.41) is 0. The lowest BCUT2D eigenvalue weighted by Gasteiger charge is -2.18. The minimum Gasteiger partial charge on any atom is -0.492 e. The second-order valence-corrected chi connectivity index (χ2v) is 6.46. The lowest BCUT2D eigenvalue weighted by molar-refractivity contribution is -0.138. The van der Waals surface area contributed by atoms with Crippen molar-refractivity contribution in [2.45, 2.75) is 40.0 Å². The fourth-order valence-electron chi connectivity index (χ4n) is 3.02. The molecular weight excluding hydrogens is 358 g/mol. The number of methoxy groups -OCH3 is 1. The van der Waals surface area contributed by atoms with Crippen LogP contribution in [0.2, 0.25) is 0 Å². The van der Waals surface area contributed by atoms with Crippen LogP contribution in [0.5, 0.6) is 0 Å². The smallest absolute Gasteiger partial charge is 0.334 e. The Balaban J connectivity index is 2.28. The Hall–Kier alpha value is -3.02. The van der Waals surface area contributed by atoms with Crippen LogP contribution in [0.4, 0.5) is 0 Å². The summed E-state index contributed by atoms with van der Waals surface area (Å²) in [6, 6.07) is 3.83. The molecule has 6 nitrogen and oxygen atoms in total. The third kappa shape index (κ3) is 4.82. The minimum absolute atomic E-state index is 0.0499. The van der Waals surface area contributed by atoms with Gasteiger partial charge in [0.15, 0.2) is 11.5 Å². The van der Waals surface area contributed by atoms with Crippen molar-refractivity contribution in [3.05, 3.63) is 64.2 Å². The lowest BCUT2D eigenvalue weighted by Crippen LogP contribution is -2.22. The monoisotopic (exact) mass is 383 g/mol. The van der Waals surface area contributed by atoms with E-state index in [1.54, 1.807) is 33.2 Å². The molecule has 0 aromatic carbocycles. The van der Waals surface area contributed by atoms with Crippen molar-refractivity contribution in [1.82, 2.24) is 4.98 Å². The van der Waals surface area contributed by atoms with E-state index < -0.39 is 5.97 Å². The van der Waals surface area contributed by atoms with Gasteiger partial charge in [0.05, 0.1) is 13.7 Å². The highest BCUT2D eigenvalue weighted by Gasteiger charge is 2.30. The molecule has 0 saturated carbocycles. The Bertz CT molecular complexity index is 862. The van der Waals surface area contributed by atoms with E-state index in [4.69, 9.17) is 9.47 Å². The van der Waals surface area contributed by atoms with Gasteiger partial charge in [-0.3, -0.25) is 14.6 Å². The summed E-state index contributed by atoms with van der Waals surface area (Å²) >= 11 is 0. The molecule has 1 heterocycles. The predicted octanol–water partition coefficient (Wildman–Crippen LogP) is 3.28. The van der Waals surface area contributed by atoms with Crippen molar-refractivity contribution in [2.75, 3.05) is 13.7 Å². The number of hydrogen-bond donors (Lipinski definition) is 0. The first-order valence-corrected chi connectivity index (χ1v) is 9.22. The summed E-state index contributed by atoms with van der Waals surface area (Å²) < 4.78 is 10.2. The number of aromatic nitrogens is 1. The number of rotatable bonds is 8. The molecule has 1 aromatic heterocycles. The van der Waals surface area contributed by atoms with Gasteiger partial charge in [-0.25, -0.2) is 4.79 Å². The number of esters is 1. The summed E-state index contributed by atoms with van der Waals surface area (Å²) in [6.45, 7) is 5.07. The highest BCUT2D eigenvalue weighted by atomic mass is 16.5. The van der Waals surface area contributed by atoms with Crippen LogP contribution in [0.15, 0.2) is 58.7 Å². The van der Waals surface area contributed by atoms with Gasteiger partial charge in [-0.1, -0.05) is 6.07 Å². The number of pyridine rings is 1. The number of aryl methyl sites for hydroxylation is 1. The first-order valence-electron chi connectivity index (χ1n) is 9.22. The zero-order valence-electron chi connectivity index (χ0n) is 16.7. The number of carbonyl (C=O) groups excluding carboxylic acids is 3. The third-order valence-electron chi connectivity index (χ3n) is 4.57. The molecule has 0 amide bonds. The largest absolute Gasteiger partial charge is 0.492 e. The molecule has 0 radical (unpaired) electrons. The summed E-state index contributed by atoms with van der Waals surface area (Å²) in [4.78, 5) is 41.6. The fraction of sp³-hybridized carbons (Fsp3) is 0.364. The summed E-state index contributed by atoms with van der Waals surface area (Å²) in [6.07, 6.45) is 6.83. The second-order valence-electron chi connectivity index (χ2n) is 6.46. The number of Topliss-reactive ketones (excluding diaryl/α,β-unsaturated/α-hetero) is 2. The van der Waals surface area contributed by atoms with Gasteiger partial charge in [-0.15, -0.1) is 0 Å². The number of hydrogen-bond acceptors (Lipinski definition) is 6. The number of ketones is 2. The van der Waals surface area contributed by atoms with Crippen LogP contribution in [0.25, 0.3) is 0 Å². The van der Waals surface area contributed by atoms with Gasteiger partial charge in [0, 0.05) is 34.7 Å². The molecule has 0 atom stereocenters. The van der Waals surface area contributed by atoms with Crippen molar-refractivity contribution in [1.29, 1.82) is 0 Å². The molecule has 0 unspecified atom stereocenters. The molecular formula is C22H25NO5. The molecule has 2 rings (SSSR count). The molecule has 1 aromatic rings. The van der Waals surface area contributed by atoms with E-state index in [9.17, 15) is 14.4 Å². The Labute approximate surface area is 164 Å². The number of allylic oxidation sites excluding steroid dienone is 4. The average molecular weight is 383 g/mol. The van der Waals surface area contributed by atoms with Crippen molar-refractivity contribution < 1.29 is 23.9 Å². The van der Waals surface area contributed by atoms with Crippen LogP contribution in [-0.2, 0) is 30.3 Å². The van der Waals surface area contributed by atoms with Crippen LogP contribution in [-0.4, -0.2) is 36.2 Å². The zero-order chi connectivity index (χ0) is 20.7. The molecule has 1 aliphatic carbocycles. The minimum atomic E-state index is -0.478. The molecule has 0 spiro atoms. The Morgan fingerprint density at radius 1 is 1.18 bits per heavy atom. The third-order valence-corrected chi connectivity index (χ3v) is 4.57. The van der Waals surface area contributed by atoms with E-state index in [-0.39, 0.29) is 40.7 Å². The summed E-state index contributed by atoms with van der Waals surface area (Å²) in [5.74, 6) is -1.09. The van der Waals surface area contributed by atoms with Crippen LogP contribution in [0.3, 0.4) is 0 Å². The Kier molecular flexibility index (Phi) is 7.44. The SMILES string of the molecule is CCOC(=O)C(=CC1=C(C)C(=O)C(OC)=C(C)C1=O)CCCc1cccnc1. The quantitative estimate of drug-likeness (QED) is 0.389. The first kappa shape index (κ1) is 21.3. The molecule has 6 heteroatoms. The highest BCUT2D eigenvalue weighted by molar-refractivity contribution is 6.25.